The van der Waals surface area contributed by atoms with E-state index in [1.165, 1.54) is 6.07 Å². The van der Waals surface area contributed by atoms with Crippen molar-refractivity contribution in [2.24, 2.45) is 5.73 Å². The van der Waals surface area contributed by atoms with Crippen molar-refractivity contribution in [3.05, 3.63) is 63.6 Å². The number of benzene rings is 1. The maximum absolute atomic E-state index is 11.5. The van der Waals surface area contributed by atoms with E-state index in [0.29, 0.717) is 30.8 Å². The summed E-state index contributed by atoms with van der Waals surface area (Å²) >= 11 is 0. The van der Waals surface area contributed by atoms with Crippen LogP contribution >= 0.6 is 0 Å². The minimum Gasteiger partial charge on any atom is -0.494 e. The van der Waals surface area contributed by atoms with Gasteiger partial charge >= 0.3 is 0 Å². The number of aryl methyl sites for hydroxylation is 1. The van der Waals surface area contributed by atoms with Gasteiger partial charge < -0.3 is 15.5 Å². The van der Waals surface area contributed by atoms with E-state index in [4.69, 9.17) is 15.7 Å². The van der Waals surface area contributed by atoms with E-state index in [0.717, 1.165) is 5.69 Å². The van der Waals surface area contributed by atoms with Gasteiger partial charge in [-0.1, -0.05) is 0 Å². The monoisotopic (exact) mass is 297 g/mol. The number of amides is 1. The van der Waals surface area contributed by atoms with Gasteiger partial charge in [0.1, 0.15) is 17.4 Å². The van der Waals surface area contributed by atoms with Crippen LogP contribution in [0.1, 0.15) is 28.0 Å². The Morgan fingerprint density at radius 1 is 1.23 bits per heavy atom. The number of H-pyrrole nitrogens is 1. The third-order valence-corrected chi connectivity index (χ3v) is 3.09. The second-order valence-electron chi connectivity index (χ2n) is 4.68. The quantitative estimate of drug-likeness (QED) is 0.784. The average Bonchev–Trinajstić information content (AvgIpc) is 2.52. The molecule has 0 saturated carbocycles. The van der Waals surface area contributed by atoms with Gasteiger partial charge in [0.15, 0.2) is 0 Å². The molecule has 1 heterocycles. The first kappa shape index (κ1) is 15.3. The van der Waals surface area contributed by atoms with Gasteiger partial charge in [0, 0.05) is 11.3 Å². The Bertz CT molecular complexity index is 757. The van der Waals surface area contributed by atoms with Crippen LogP contribution in [0.4, 0.5) is 0 Å². The van der Waals surface area contributed by atoms with Crippen LogP contribution in [0.15, 0.2) is 41.2 Å². The lowest BCUT2D eigenvalue weighted by Gasteiger charge is -2.06. The van der Waals surface area contributed by atoms with E-state index in [9.17, 15) is 9.59 Å². The lowest BCUT2D eigenvalue weighted by Crippen LogP contribution is -2.12. The van der Waals surface area contributed by atoms with Crippen LogP contribution in [0.25, 0.3) is 0 Å². The molecule has 2 rings (SSSR count). The zero-order chi connectivity index (χ0) is 15.9. The number of hydrogen-bond donors (Lipinski definition) is 2. The first-order valence-electron chi connectivity index (χ1n) is 6.75. The summed E-state index contributed by atoms with van der Waals surface area (Å²) < 4.78 is 5.54. The van der Waals surface area contributed by atoms with Crippen LogP contribution in [0, 0.1) is 11.3 Å². The maximum atomic E-state index is 11.5. The van der Waals surface area contributed by atoms with Crippen LogP contribution in [0.3, 0.4) is 0 Å². The number of rotatable bonds is 6. The molecule has 6 heteroatoms. The number of pyridine rings is 1. The molecule has 1 amide bonds. The summed E-state index contributed by atoms with van der Waals surface area (Å²) in [6.07, 6.45) is 1.35. The van der Waals surface area contributed by atoms with Gasteiger partial charge in [-0.15, -0.1) is 0 Å². The number of primary amides is 1. The minimum absolute atomic E-state index is 0.106. The van der Waals surface area contributed by atoms with Crippen molar-refractivity contribution in [3.63, 3.8) is 0 Å². The molecule has 0 spiro atoms. The highest BCUT2D eigenvalue weighted by molar-refractivity contribution is 5.92. The van der Waals surface area contributed by atoms with Crippen molar-refractivity contribution in [1.29, 1.82) is 5.26 Å². The van der Waals surface area contributed by atoms with Crippen LogP contribution in [0.2, 0.25) is 0 Å². The molecule has 0 aliphatic carbocycles. The van der Waals surface area contributed by atoms with Crippen LogP contribution in [-0.2, 0) is 6.42 Å². The molecule has 0 unspecified atom stereocenters. The summed E-state index contributed by atoms with van der Waals surface area (Å²) in [5.41, 5.74) is 6.08. The van der Waals surface area contributed by atoms with Gasteiger partial charge in [0.05, 0.1) is 6.61 Å². The highest BCUT2D eigenvalue weighted by Crippen LogP contribution is 2.12. The summed E-state index contributed by atoms with van der Waals surface area (Å²) in [4.78, 5) is 25.1. The second kappa shape index (κ2) is 7.09. The molecule has 0 aliphatic heterocycles. The van der Waals surface area contributed by atoms with Gasteiger partial charge in [0.25, 0.3) is 5.56 Å². The molecule has 0 aliphatic rings. The van der Waals surface area contributed by atoms with Gasteiger partial charge in [0.2, 0.25) is 5.91 Å². The van der Waals surface area contributed by atoms with Gasteiger partial charge in [-0.25, -0.2) is 0 Å². The largest absolute Gasteiger partial charge is 0.494 e. The molecule has 22 heavy (non-hydrogen) atoms. The smallest absolute Gasteiger partial charge is 0.266 e. The number of nitrogens with zero attached hydrogens (tertiary/aromatic N) is 1. The number of nitrogens with one attached hydrogen (secondary N) is 1. The predicted molar refractivity (Wildman–Crippen MR) is 80.6 cm³/mol. The van der Waals surface area contributed by atoms with Crippen molar-refractivity contribution in [3.8, 4) is 11.8 Å². The van der Waals surface area contributed by atoms with Crippen LogP contribution < -0.4 is 16.0 Å². The lowest BCUT2D eigenvalue weighted by atomic mass is 10.2. The van der Waals surface area contributed by atoms with Crippen LogP contribution in [-0.4, -0.2) is 17.5 Å². The highest BCUT2D eigenvalue weighted by atomic mass is 16.5. The first-order chi connectivity index (χ1) is 10.6. The molecule has 0 saturated heterocycles. The summed E-state index contributed by atoms with van der Waals surface area (Å²) in [7, 11) is 0. The summed E-state index contributed by atoms with van der Waals surface area (Å²) in [5, 5.41) is 8.68. The molecular formula is C16H15N3O3. The Hall–Kier alpha value is -3.07. The van der Waals surface area contributed by atoms with Crippen molar-refractivity contribution >= 4 is 5.91 Å². The Morgan fingerprint density at radius 2 is 1.95 bits per heavy atom. The number of aromatic nitrogens is 1. The van der Waals surface area contributed by atoms with E-state index < -0.39 is 5.91 Å². The van der Waals surface area contributed by atoms with Crippen molar-refractivity contribution in [2.45, 2.75) is 12.8 Å². The molecule has 3 N–H and O–H groups in total. The normalized spacial score (nSPS) is 9.95. The number of carbonyl (C=O) groups excluding carboxylic acids is 1. The Labute approximate surface area is 127 Å². The molecule has 0 bridgehead atoms. The number of aromatic amines is 1. The fourth-order valence-corrected chi connectivity index (χ4v) is 1.92. The molecule has 1 aromatic heterocycles. The molecule has 0 atom stereocenters. The number of carbonyl (C=O) groups is 1. The molecule has 0 radical (unpaired) electrons. The van der Waals surface area contributed by atoms with Crippen molar-refractivity contribution < 1.29 is 9.53 Å². The average molecular weight is 297 g/mol. The predicted octanol–water partition coefficient (Wildman–Crippen LogP) is 1.36. The lowest BCUT2D eigenvalue weighted by molar-refractivity contribution is 0.100. The van der Waals surface area contributed by atoms with E-state index in [1.54, 1.807) is 30.3 Å². The first-order valence-corrected chi connectivity index (χ1v) is 6.75. The van der Waals surface area contributed by atoms with Gasteiger partial charge in [-0.05, 0) is 49.2 Å². The minimum atomic E-state index is -0.476. The molecule has 6 nitrogen and oxygen atoms in total. The molecule has 0 fully saturated rings. The maximum Gasteiger partial charge on any atom is 0.266 e. The van der Waals surface area contributed by atoms with E-state index in [2.05, 4.69) is 4.98 Å². The molecule has 1 aromatic carbocycles. The summed E-state index contributed by atoms with van der Waals surface area (Å²) in [6.45, 7) is 0.470. The molecule has 112 valence electrons. The van der Waals surface area contributed by atoms with Gasteiger partial charge in [-0.3, -0.25) is 9.59 Å². The Morgan fingerprint density at radius 3 is 2.55 bits per heavy atom. The van der Waals surface area contributed by atoms with Crippen molar-refractivity contribution in [2.75, 3.05) is 6.61 Å². The molecular weight excluding hydrogens is 282 g/mol. The zero-order valence-electron chi connectivity index (χ0n) is 11.8. The fourth-order valence-electron chi connectivity index (χ4n) is 1.92. The van der Waals surface area contributed by atoms with Gasteiger partial charge in [-0.2, -0.15) is 5.26 Å². The number of nitrogens with two attached hydrogens (primary N) is 1. The van der Waals surface area contributed by atoms with E-state index in [1.807, 2.05) is 6.07 Å². The SMILES string of the molecule is N#Cc1ccc(CCCOc2ccc(C(N)=O)cc2)[nH]c1=O. The van der Waals surface area contributed by atoms with E-state index >= 15 is 0 Å². The zero-order valence-corrected chi connectivity index (χ0v) is 11.8. The topological polar surface area (TPSA) is 109 Å². The fraction of sp³-hybridized carbons (Fsp3) is 0.188. The second-order valence-corrected chi connectivity index (χ2v) is 4.68. The highest BCUT2D eigenvalue weighted by Gasteiger charge is 2.02. The third-order valence-electron chi connectivity index (χ3n) is 3.09. The number of ether oxygens (including phenoxy) is 1. The Balaban J connectivity index is 1.82. The van der Waals surface area contributed by atoms with Crippen LogP contribution in [0.5, 0.6) is 5.75 Å². The third kappa shape index (κ3) is 3.96. The standard InChI is InChI=1S/C16H15N3O3/c17-10-12-3-6-13(19-16(12)21)2-1-9-22-14-7-4-11(5-8-14)15(18)20/h3-8H,1-2,9H2,(H2,18,20)(H,19,21). The number of hydrogen-bond acceptors (Lipinski definition) is 4. The number of nitriles is 1. The van der Waals surface area contributed by atoms with Crippen molar-refractivity contribution in [1.82, 2.24) is 4.98 Å². The summed E-state index contributed by atoms with van der Waals surface area (Å²) in [6, 6.07) is 11.6. The molecule has 2 aromatic rings. The van der Waals surface area contributed by atoms with E-state index in [-0.39, 0.29) is 11.1 Å². The Kier molecular flexibility index (Phi) is 4.94. The summed E-state index contributed by atoms with van der Waals surface area (Å²) in [5.74, 6) is 0.176.